The molecular weight excluding hydrogens is 216 g/mol. The zero-order chi connectivity index (χ0) is 13.0. The van der Waals surface area contributed by atoms with Crippen LogP contribution in [0.25, 0.3) is 0 Å². The fourth-order valence-electron chi connectivity index (χ4n) is 1.86. The topological polar surface area (TPSA) is 49.4 Å². The molecule has 0 heterocycles. The number of carbonyl (C=O) groups is 2. The standard InChI is InChI=1S/C13H24N2O2/c1-5-9(2)15(4)13(17)10(3)14-12(16)11-7-6-8-11/h9-11H,5-8H2,1-4H3,(H,14,16). The van der Waals surface area contributed by atoms with Crippen molar-refractivity contribution in [1.29, 1.82) is 0 Å². The van der Waals surface area contributed by atoms with E-state index >= 15 is 0 Å². The Balaban J connectivity index is 2.42. The van der Waals surface area contributed by atoms with Gasteiger partial charge in [-0.15, -0.1) is 0 Å². The van der Waals surface area contributed by atoms with Crippen LogP contribution in [0.4, 0.5) is 0 Å². The predicted octanol–water partition coefficient (Wildman–Crippen LogP) is 1.55. The molecule has 1 aliphatic carbocycles. The zero-order valence-electron chi connectivity index (χ0n) is 11.3. The maximum absolute atomic E-state index is 12.0. The van der Waals surface area contributed by atoms with Gasteiger partial charge in [-0.25, -0.2) is 0 Å². The number of carbonyl (C=O) groups excluding carboxylic acids is 2. The molecule has 0 aromatic rings. The lowest BCUT2D eigenvalue weighted by atomic mass is 9.84. The van der Waals surface area contributed by atoms with Crippen molar-refractivity contribution in [2.45, 2.75) is 58.5 Å². The van der Waals surface area contributed by atoms with Crippen molar-refractivity contribution in [3.8, 4) is 0 Å². The molecule has 0 aromatic heterocycles. The number of nitrogens with one attached hydrogen (secondary N) is 1. The van der Waals surface area contributed by atoms with Crippen molar-refractivity contribution in [3.05, 3.63) is 0 Å². The summed E-state index contributed by atoms with van der Waals surface area (Å²) in [4.78, 5) is 25.5. The molecule has 1 aliphatic rings. The molecule has 0 spiro atoms. The van der Waals surface area contributed by atoms with E-state index in [9.17, 15) is 9.59 Å². The van der Waals surface area contributed by atoms with Gasteiger partial charge in [-0.1, -0.05) is 13.3 Å². The molecule has 0 aromatic carbocycles. The third kappa shape index (κ3) is 3.45. The summed E-state index contributed by atoms with van der Waals surface area (Å²) < 4.78 is 0. The van der Waals surface area contributed by atoms with Crippen LogP contribution in [0.2, 0.25) is 0 Å². The van der Waals surface area contributed by atoms with Crippen LogP contribution in [0.5, 0.6) is 0 Å². The number of rotatable bonds is 5. The number of likely N-dealkylation sites (N-methyl/N-ethyl adjacent to an activating group) is 1. The first-order valence-corrected chi connectivity index (χ1v) is 6.54. The molecule has 98 valence electrons. The van der Waals surface area contributed by atoms with E-state index < -0.39 is 6.04 Å². The first-order valence-electron chi connectivity index (χ1n) is 6.54. The predicted molar refractivity (Wildman–Crippen MR) is 67.5 cm³/mol. The molecule has 2 atom stereocenters. The molecule has 1 fully saturated rings. The smallest absolute Gasteiger partial charge is 0.244 e. The Morgan fingerprint density at radius 2 is 1.94 bits per heavy atom. The Morgan fingerprint density at radius 3 is 2.35 bits per heavy atom. The summed E-state index contributed by atoms with van der Waals surface area (Å²) in [5, 5.41) is 2.81. The van der Waals surface area contributed by atoms with E-state index in [4.69, 9.17) is 0 Å². The lowest BCUT2D eigenvalue weighted by Gasteiger charge is -2.29. The molecule has 0 aliphatic heterocycles. The fourth-order valence-corrected chi connectivity index (χ4v) is 1.86. The molecule has 0 bridgehead atoms. The molecule has 1 N–H and O–H groups in total. The van der Waals surface area contributed by atoms with E-state index in [0.29, 0.717) is 0 Å². The van der Waals surface area contributed by atoms with Crippen molar-refractivity contribution in [3.63, 3.8) is 0 Å². The first-order chi connectivity index (χ1) is 7.97. The highest BCUT2D eigenvalue weighted by molar-refractivity contribution is 5.88. The van der Waals surface area contributed by atoms with Gasteiger partial charge in [0.15, 0.2) is 0 Å². The van der Waals surface area contributed by atoms with Gasteiger partial charge in [0.05, 0.1) is 0 Å². The van der Waals surface area contributed by atoms with Gasteiger partial charge in [0.2, 0.25) is 11.8 Å². The van der Waals surface area contributed by atoms with Crippen LogP contribution in [0.1, 0.15) is 46.5 Å². The lowest BCUT2D eigenvalue weighted by Crippen LogP contribution is -2.50. The number of nitrogens with zero attached hydrogens (tertiary/aromatic N) is 1. The SMILES string of the molecule is CCC(C)N(C)C(=O)C(C)NC(=O)C1CCC1. The van der Waals surface area contributed by atoms with Gasteiger partial charge in [-0.2, -0.15) is 0 Å². The molecule has 17 heavy (non-hydrogen) atoms. The number of hydrogen-bond acceptors (Lipinski definition) is 2. The number of amides is 2. The lowest BCUT2D eigenvalue weighted by molar-refractivity contribution is -0.138. The Bertz CT molecular complexity index is 287. The van der Waals surface area contributed by atoms with E-state index in [1.54, 1.807) is 18.9 Å². The largest absolute Gasteiger partial charge is 0.344 e. The third-order valence-corrected chi connectivity index (χ3v) is 3.80. The average Bonchev–Trinajstić information content (AvgIpc) is 2.23. The van der Waals surface area contributed by atoms with Crippen LogP contribution in [0, 0.1) is 5.92 Å². The Kier molecular flexibility index (Phi) is 4.97. The van der Waals surface area contributed by atoms with Crippen LogP contribution < -0.4 is 5.32 Å². The Hall–Kier alpha value is -1.06. The summed E-state index contributed by atoms with van der Waals surface area (Å²) in [6, 6.07) is -0.201. The number of hydrogen-bond donors (Lipinski definition) is 1. The third-order valence-electron chi connectivity index (χ3n) is 3.80. The first kappa shape index (κ1) is 14.0. The second kappa shape index (κ2) is 6.03. The second-order valence-electron chi connectivity index (χ2n) is 5.06. The second-order valence-corrected chi connectivity index (χ2v) is 5.06. The minimum Gasteiger partial charge on any atom is -0.344 e. The molecule has 1 saturated carbocycles. The van der Waals surface area contributed by atoms with Gasteiger partial charge in [-0.3, -0.25) is 9.59 Å². The summed E-state index contributed by atoms with van der Waals surface area (Å²) in [5.74, 6) is 0.167. The van der Waals surface area contributed by atoms with Gasteiger partial charge in [0.25, 0.3) is 0 Å². The maximum atomic E-state index is 12.0. The average molecular weight is 240 g/mol. The van der Waals surface area contributed by atoms with Crippen LogP contribution >= 0.6 is 0 Å². The highest BCUT2D eigenvalue weighted by Gasteiger charge is 2.28. The van der Waals surface area contributed by atoms with E-state index in [0.717, 1.165) is 25.7 Å². The minimum absolute atomic E-state index is 0.00739. The Morgan fingerprint density at radius 1 is 1.35 bits per heavy atom. The van der Waals surface area contributed by atoms with E-state index in [2.05, 4.69) is 5.32 Å². The molecule has 2 unspecified atom stereocenters. The van der Waals surface area contributed by atoms with Gasteiger partial charge in [0.1, 0.15) is 6.04 Å². The van der Waals surface area contributed by atoms with Crippen molar-refractivity contribution >= 4 is 11.8 Å². The highest BCUT2D eigenvalue weighted by atomic mass is 16.2. The van der Waals surface area contributed by atoms with E-state index in [1.807, 2.05) is 13.8 Å². The fraction of sp³-hybridized carbons (Fsp3) is 0.846. The van der Waals surface area contributed by atoms with Crippen molar-refractivity contribution < 1.29 is 9.59 Å². The van der Waals surface area contributed by atoms with Crippen LogP contribution in [0.15, 0.2) is 0 Å². The molecule has 4 heteroatoms. The van der Waals surface area contributed by atoms with Crippen molar-refractivity contribution in [1.82, 2.24) is 10.2 Å². The van der Waals surface area contributed by atoms with Gasteiger partial charge < -0.3 is 10.2 Å². The molecular formula is C13H24N2O2. The monoisotopic (exact) mass is 240 g/mol. The van der Waals surface area contributed by atoms with Gasteiger partial charge in [0, 0.05) is 19.0 Å². The minimum atomic E-state index is -0.415. The summed E-state index contributed by atoms with van der Waals surface area (Å²) in [7, 11) is 1.79. The molecule has 2 amide bonds. The van der Waals surface area contributed by atoms with Crippen molar-refractivity contribution in [2.75, 3.05) is 7.05 Å². The van der Waals surface area contributed by atoms with Crippen LogP contribution in [-0.2, 0) is 9.59 Å². The normalized spacial score (nSPS) is 19.1. The van der Waals surface area contributed by atoms with E-state index in [1.165, 1.54) is 0 Å². The summed E-state index contributed by atoms with van der Waals surface area (Å²) in [6.07, 6.45) is 3.99. The molecule has 1 rings (SSSR count). The van der Waals surface area contributed by atoms with Crippen LogP contribution in [0.3, 0.4) is 0 Å². The van der Waals surface area contributed by atoms with E-state index in [-0.39, 0.29) is 23.8 Å². The molecule has 0 radical (unpaired) electrons. The summed E-state index contributed by atoms with van der Waals surface area (Å²) in [6.45, 7) is 5.82. The molecule has 4 nitrogen and oxygen atoms in total. The summed E-state index contributed by atoms with van der Waals surface area (Å²) in [5.41, 5.74) is 0. The van der Waals surface area contributed by atoms with Crippen molar-refractivity contribution in [2.24, 2.45) is 5.92 Å². The van der Waals surface area contributed by atoms with Gasteiger partial charge in [-0.05, 0) is 33.1 Å². The maximum Gasteiger partial charge on any atom is 0.244 e. The molecule has 0 saturated heterocycles. The summed E-state index contributed by atoms with van der Waals surface area (Å²) >= 11 is 0. The van der Waals surface area contributed by atoms with Gasteiger partial charge >= 0.3 is 0 Å². The quantitative estimate of drug-likeness (QED) is 0.792. The zero-order valence-corrected chi connectivity index (χ0v) is 11.3. The highest BCUT2D eigenvalue weighted by Crippen LogP contribution is 2.26. The van der Waals surface area contributed by atoms with Crippen LogP contribution in [-0.4, -0.2) is 35.8 Å². The Labute approximate surface area is 104 Å².